The molecule has 0 spiro atoms. The summed E-state index contributed by atoms with van der Waals surface area (Å²) in [5.41, 5.74) is 3.57. The second-order valence-corrected chi connectivity index (χ2v) is 6.87. The van der Waals surface area contributed by atoms with Gasteiger partial charge in [0.05, 0.1) is 29.4 Å². The number of non-ortho nitro benzene ring substituents is 1. The SMILES string of the molecule is CCOC(=O)c1cc(-c2cccc([N+](=O)[O-])c2)n(CC(=O)N/N=C/c2ccc([N+](=O)[O-])o2)c1C. The van der Waals surface area contributed by atoms with E-state index in [1.54, 1.807) is 19.9 Å². The Hall–Kier alpha value is -4.81. The molecule has 1 amide bonds. The van der Waals surface area contributed by atoms with Gasteiger partial charge in [-0.2, -0.15) is 5.10 Å². The van der Waals surface area contributed by atoms with E-state index in [2.05, 4.69) is 10.5 Å². The van der Waals surface area contributed by atoms with Crippen molar-refractivity contribution in [2.45, 2.75) is 20.4 Å². The molecule has 0 aliphatic carbocycles. The van der Waals surface area contributed by atoms with E-state index in [-0.39, 0.29) is 30.2 Å². The minimum absolute atomic E-state index is 0.0611. The zero-order valence-electron chi connectivity index (χ0n) is 18.1. The maximum Gasteiger partial charge on any atom is 0.433 e. The first-order chi connectivity index (χ1) is 16.2. The fourth-order valence-electron chi connectivity index (χ4n) is 3.14. The lowest BCUT2D eigenvalue weighted by Crippen LogP contribution is -2.24. The molecule has 13 nitrogen and oxygen atoms in total. The average molecular weight is 469 g/mol. The van der Waals surface area contributed by atoms with Gasteiger partial charge in [-0.25, -0.2) is 10.2 Å². The van der Waals surface area contributed by atoms with Crippen LogP contribution >= 0.6 is 0 Å². The van der Waals surface area contributed by atoms with E-state index in [0.717, 1.165) is 12.3 Å². The van der Waals surface area contributed by atoms with Crippen LogP contribution in [-0.2, 0) is 16.1 Å². The van der Waals surface area contributed by atoms with Crippen molar-refractivity contribution in [2.24, 2.45) is 5.10 Å². The highest BCUT2D eigenvalue weighted by molar-refractivity contribution is 5.93. The summed E-state index contributed by atoms with van der Waals surface area (Å²) in [6, 6.07) is 9.75. The number of hydrazone groups is 1. The second kappa shape index (κ2) is 10.2. The van der Waals surface area contributed by atoms with Gasteiger partial charge in [0, 0.05) is 29.1 Å². The van der Waals surface area contributed by atoms with E-state index in [1.807, 2.05) is 0 Å². The topological polar surface area (TPSA) is 172 Å². The zero-order valence-corrected chi connectivity index (χ0v) is 18.1. The number of aromatic nitrogens is 1. The minimum atomic E-state index is -0.707. The van der Waals surface area contributed by atoms with E-state index in [4.69, 9.17) is 9.15 Å². The van der Waals surface area contributed by atoms with Gasteiger partial charge in [-0.1, -0.05) is 12.1 Å². The molecule has 0 bridgehead atoms. The Kier molecular flexibility index (Phi) is 7.16. The smallest absolute Gasteiger partial charge is 0.433 e. The van der Waals surface area contributed by atoms with Crippen LogP contribution in [0, 0.1) is 27.2 Å². The number of esters is 1. The lowest BCUT2D eigenvalue weighted by molar-refractivity contribution is -0.402. The molecule has 0 unspecified atom stereocenters. The first-order valence-electron chi connectivity index (χ1n) is 9.89. The van der Waals surface area contributed by atoms with Crippen molar-refractivity contribution >= 4 is 29.7 Å². The number of amides is 1. The van der Waals surface area contributed by atoms with Crippen molar-refractivity contribution in [3.63, 3.8) is 0 Å². The van der Waals surface area contributed by atoms with E-state index in [9.17, 15) is 29.8 Å². The summed E-state index contributed by atoms with van der Waals surface area (Å²) in [6.45, 7) is 3.14. The van der Waals surface area contributed by atoms with Gasteiger partial charge in [0.25, 0.3) is 11.6 Å². The van der Waals surface area contributed by atoms with Gasteiger partial charge in [-0.05, 0) is 26.0 Å². The van der Waals surface area contributed by atoms with Crippen LogP contribution in [0.15, 0.2) is 52.0 Å². The Morgan fingerprint density at radius 1 is 1.18 bits per heavy atom. The number of nitro groups is 2. The number of hydrogen-bond donors (Lipinski definition) is 1. The van der Waals surface area contributed by atoms with Crippen molar-refractivity contribution in [3.8, 4) is 11.3 Å². The predicted octanol–water partition coefficient (Wildman–Crippen LogP) is 3.20. The Balaban J connectivity index is 1.87. The molecule has 1 N–H and O–H groups in total. The Morgan fingerprint density at radius 3 is 2.59 bits per heavy atom. The van der Waals surface area contributed by atoms with Gasteiger partial charge in [-0.3, -0.25) is 25.0 Å². The van der Waals surface area contributed by atoms with Crippen molar-refractivity contribution in [1.82, 2.24) is 9.99 Å². The molecule has 2 heterocycles. The maximum atomic E-state index is 12.5. The number of carbonyl (C=O) groups is 2. The van der Waals surface area contributed by atoms with E-state index < -0.39 is 27.6 Å². The third-order valence-corrected chi connectivity index (χ3v) is 4.69. The summed E-state index contributed by atoms with van der Waals surface area (Å²) >= 11 is 0. The zero-order chi connectivity index (χ0) is 24.8. The summed E-state index contributed by atoms with van der Waals surface area (Å²) in [5, 5.41) is 25.6. The Labute approximate surface area is 191 Å². The van der Waals surface area contributed by atoms with Crippen LogP contribution in [0.1, 0.15) is 28.7 Å². The maximum absolute atomic E-state index is 12.5. The third-order valence-electron chi connectivity index (χ3n) is 4.69. The van der Waals surface area contributed by atoms with Crippen LogP contribution in [-0.4, -0.2) is 39.1 Å². The molecule has 1 aromatic carbocycles. The number of nitrogens with zero attached hydrogens (tertiary/aromatic N) is 4. The molecule has 3 rings (SSSR count). The van der Waals surface area contributed by atoms with Gasteiger partial charge < -0.3 is 13.7 Å². The van der Waals surface area contributed by atoms with Gasteiger partial charge in [0.2, 0.25) is 0 Å². The number of hydrogen-bond acceptors (Lipinski definition) is 9. The van der Waals surface area contributed by atoms with E-state index in [1.165, 1.54) is 34.9 Å². The van der Waals surface area contributed by atoms with Crippen molar-refractivity contribution in [2.75, 3.05) is 6.61 Å². The highest BCUT2D eigenvalue weighted by Gasteiger charge is 2.22. The number of furan rings is 1. The highest BCUT2D eigenvalue weighted by atomic mass is 16.6. The summed E-state index contributed by atoms with van der Waals surface area (Å²) in [5.74, 6) is -1.59. The molecule has 0 aliphatic heterocycles. The van der Waals surface area contributed by atoms with Crippen LogP contribution < -0.4 is 5.43 Å². The fraction of sp³-hybridized carbons (Fsp3) is 0.190. The number of rotatable bonds is 9. The van der Waals surface area contributed by atoms with Crippen LogP contribution in [0.3, 0.4) is 0 Å². The lowest BCUT2D eigenvalue weighted by Gasteiger charge is -2.11. The third kappa shape index (κ3) is 5.32. The second-order valence-electron chi connectivity index (χ2n) is 6.87. The minimum Gasteiger partial charge on any atom is -0.462 e. The number of nitro benzene ring substituents is 1. The molecule has 0 saturated carbocycles. The van der Waals surface area contributed by atoms with E-state index in [0.29, 0.717) is 17.0 Å². The van der Waals surface area contributed by atoms with Crippen molar-refractivity contribution in [3.05, 3.63) is 79.7 Å². The highest BCUT2D eigenvalue weighted by Crippen LogP contribution is 2.29. The van der Waals surface area contributed by atoms with Gasteiger partial charge in [0.1, 0.15) is 11.5 Å². The summed E-state index contributed by atoms with van der Waals surface area (Å²) < 4.78 is 11.5. The Bertz CT molecular complexity index is 1290. The molecular formula is C21H19N5O8. The summed E-state index contributed by atoms with van der Waals surface area (Å²) in [4.78, 5) is 45.5. The molecule has 13 heteroatoms. The van der Waals surface area contributed by atoms with E-state index >= 15 is 0 Å². The normalized spacial score (nSPS) is 10.9. The molecule has 2 aromatic heterocycles. The molecule has 0 radical (unpaired) electrons. The van der Waals surface area contributed by atoms with Crippen LogP contribution in [0.25, 0.3) is 11.3 Å². The quantitative estimate of drug-likeness (QED) is 0.215. The van der Waals surface area contributed by atoms with Crippen LogP contribution in [0.4, 0.5) is 11.6 Å². The molecule has 0 saturated heterocycles. The molecule has 176 valence electrons. The van der Waals surface area contributed by atoms with Crippen molar-refractivity contribution in [1.29, 1.82) is 0 Å². The molecule has 0 fully saturated rings. The lowest BCUT2D eigenvalue weighted by atomic mass is 10.1. The standard InChI is InChI=1S/C21H19N5O8/c1-3-33-21(28)17-10-18(14-5-4-6-15(9-14)25(29)30)24(13(17)2)12-19(27)23-22-11-16-7-8-20(34-16)26(31)32/h4-11H,3,12H2,1-2H3,(H,23,27)/b22-11+. The number of ether oxygens (including phenoxy) is 1. The molecule has 3 aromatic rings. The number of benzene rings is 1. The monoisotopic (exact) mass is 469 g/mol. The van der Waals surface area contributed by atoms with Gasteiger partial charge in [-0.15, -0.1) is 0 Å². The predicted molar refractivity (Wildman–Crippen MR) is 118 cm³/mol. The summed E-state index contributed by atoms with van der Waals surface area (Å²) in [7, 11) is 0. The van der Waals surface area contributed by atoms with Crippen molar-refractivity contribution < 1.29 is 28.6 Å². The molecule has 0 aliphatic rings. The molecule has 0 atom stereocenters. The number of carbonyl (C=O) groups excluding carboxylic acids is 2. The average Bonchev–Trinajstić information content (AvgIpc) is 3.39. The van der Waals surface area contributed by atoms with Gasteiger partial charge >= 0.3 is 11.9 Å². The van der Waals surface area contributed by atoms with Gasteiger partial charge in [0.15, 0.2) is 5.76 Å². The van der Waals surface area contributed by atoms with Crippen LogP contribution in [0.5, 0.6) is 0 Å². The fourth-order valence-corrected chi connectivity index (χ4v) is 3.14. The summed E-state index contributed by atoms with van der Waals surface area (Å²) in [6.07, 6.45) is 1.10. The molecular weight excluding hydrogens is 450 g/mol. The first kappa shape index (κ1) is 23.8. The number of nitrogens with one attached hydrogen (secondary N) is 1. The first-order valence-corrected chi connectivity index (χ1v) is 9.89. The Morgan fingerprint density at radius 2 is 1.94 bits per heavy atom. The molecule has 34 heavy (non-hydrogen) atoms. The van der Waals surface area contributed by atoms with Crippen LogP contribution in [0.2, 0.25) is 0 Å². The largest absolute Gasteiger partial charge is 0.462 e.